The second-order valence-electron chi connectivity index (χ2n) is 2.35. The van der Waals surface area contributed by atoms with Gasteiger partial charge in [-0.15, -0.1) is 0 Å². The minimum atomic E-state index is -4.45. The number of hydrogen-bond acceptors (Lipinski definition) is 2. The maximum absolute atomic E-state index is 12.3. The van der Waals surface area contributed by atoms with Crippen LogP contribution < -0.4 is 5.73 Å². The Morgan fingerprint density at radius 1 is 1.38 bits per heavy atom. The molecule has 0 fully saturated rings. The molecule has 0 radical (unpaired) electrons. The number of nitrogens with zero attached hydrogens (tertiary/aromatic N) is 1. The molecule has 0 bridgehead atoms. The minimum Gasteiger partial charge on any atom is -0.326 e. The van der Waals surface area contributed by atoms with Gasteiger partial charge in [0, 0.05) is 18.9 Å². The zero-order chi connectivity index (χ0) is 10.1. The zero-order valence-electron chi connectivity index (χ0n) is 6.40. The van der Waals surface area contributed by atoms with Gasteiger partial charge in [0.15, 0.2) is 0 Å². The smallest absolute Gasteiger partial charge is 0.326 e. The fourth-order valence-corrected chi connectivity index (χ4v) is 1.15. The van der Waals surface area contributed by atoms with E-state index in [1.54, 1.807) is 0 Å². The molecule has 1 heterocycles. The first-order valence-electron chi connectivity index (χ1n) is 3.36. The van der Waals surface area contributed by atoms with Gasteiger partial charge in [-0.05, 0) is 5.56 Å². The third-order valence-corrected chi connectivity index (χ3v) is 1.84. The van der Waals surface area contributed by atoms with Gasteiger partial charge in [0.1, 0.15) is 0 Å². The highest BCUT2D eigenvalue weighted by atomic mass is 35.5. The Kier molecular flexibility index (Phi) is 2.77. The van der Waals surface area contributed by atoms with Gasteiger partial charge in [0.2, 0.25) is 0 Å². The molecule has 0 amide bonds. The van der Waals surface area contributed by atoms with Crippen LogP contribution in [-0.2, 0) is 12.7 Å². The molecule has 2 N–H and O–H groups in total. The predicted octanol–water partition coefficient (Wildman–Crippen LogP) is 2.21. The summed E-state index contributed by atoms with van der Waals surface area (Å²) >= 11 is 5.49. The standard InChI is InChI=1S/C7H6ClF3N2/c8-6-3-13-2-5(4(6)1-12)7(9,10)11/h2-3H,1,12H2. The Hall–Kier alpha value is -0.810. The largest absolute Gasteiger partial charge is 0.418 e. The van der Waals surface area contributed by atoms with Crippen LogP contribution in [0, 0.1) is 0 Å². The summed E-state index contributed by atoms with van der Waals surface area (Å²) < 4.78 is 36.8. The lowest BCUT2D eigenvalue weighted by molar-refractivity contribution is -0.138. The van der Waals surface area contributed by atoms with Crippen LogP contribution in [0.1, 0.15) is 11.1 Å². The van der Waals surface area contributed by atoms with Gasteiger partial charge < -0.3 is 5.73 Å². The lowest BCUT2D eigenvalue weighted by Gasteiger charge is -2.11. The maximum Gasteiger partial charge on any atom is 0.418 e. The van der Waals surface area contributed by atoms with Crippen molar-refractivity contribution >= 4 is 11.6 Å². The normalized spacial score (nSPS) is 11.8. The molecule has 0 aromatic carbocycles. The van der Waals surface area contributed by atoms with E-state index in [4.69, 9.17) is 17.3 Å². The van der Waals surface area contributed by atoms with E-state index >= 15 is 0 Å². The van der Waals surface area contributed by atoms with Crippen LogP contribution in [0.15, 0.2) is 12.4 Å². The Morgan fingerprint density at radius 2 is 2.00 bits per heavy atom. The van der Waals surface area contributed by atoms with Gasteiger partial charge in [-0.2, -0.15) is 13.2 Å². The van der Waals surface area contributed by atoms with Crippen molar-refractivity contribution in [2.75, 3.05) is 0 Å². The van der Waals surface area contributed by atoms with E-state index in [2.05, 4.69) is 4.98 Å². The Balaban J connectivity index is 3.29. The van der Waals surface area contributed by atoms with Gasteiger partial charge in [-0.25, -0.2) is 0 Å². The molecule has 1 rings (SSSR count). The fourth-order valence-electron chi connectivity index (χ4n) is 0.913. The molecular weight excluding hydrogens is 205 g/mol. The molecule has 0 aliphatic heterocycles. The Morgan fingerprint density at radius 3 is 2.38 bits per heavy atom. The molecule has 0 spiro atoms. The Labute approximate surface area is 77.5 Å². The van der Waals surface area contributed by atoms with Crippen LogP contribution in [-0.4, -0.2) is 4.98 Å². The SMILES string of the molecule is NCc1c(Cl)cncc1C(F)(F)F. The monoisotopic (exact) mass is 210 g/mol. The first kappa shape index (κ1) is 10.3. The van der Waals surface area contributed by atoms with E-state index in [-0.39, 0.29) is 17.1 Å². The molecule has 2 nitrogen and oxygen atoms in total. The Bertz CT molecular complexity index is 311. The minimum absolute atomic E-state index is 0.0580. The van der Waals surface area contributed by atoms with Crippen molar-refractivity contribution in [1.29, 1.82) is 0 Å². The summed E-state index contributed by atoms with van der Waals surface area (Å²) in [7, 11) is 0. The topological polar surface area (TPSA) is 38.9 Å². The fraction of sp³-hybridized carbons (Fsp3) is 0.286. The average Bonchev–Trinajstić information content (AvgIpc) is 2.02. The molecule has 1 aromatic heterocycles. The van der Waals surface area contributed by atoms with E-state index in [0.717, 1.165) is 6.20 Å². The number of alkyl halides is 3. The maximum atomic E-state index is 12.3. The number of rotatable bonds is 1. The summed E-state index contributed by atoms with van der Waals surface area (Å²) in [5, 5.41) is -0.0580. The lowest BCUT2D eigenvalue weighted by Crippen LogP contribution is -2.12. The highest BCUT2D eigenvalue weighted by molar-refractivity contribution is 6.31. The van der Waals surface area contributed by atoms with Crippen molar-refractivity contribution in [3.8, 4) is 0 Å². The molecular formula is C7H6ClF3N2. The quantitative estimate of drug-likeness (QED) is 0.772. The molecule has 0 saturated carbocycles. The van der Waals surface area contributed by atoms with E-state index in [0.29, 0.717) is 6.20 Å². The van der Waals surface area contributed by atoms with E-state index < -0.39 is 11.7 Å². The summed E-state index contributed by atoms with van der Waals surface area (Å²) in [5.41, 5.74) is 4.14. The van der Waals surface area contributed by atoms with Crippen LogP contribution in [0.2, 0.25) is 5.02 Å². The molecule has 1 aromatic rings. The van der Waals surface area contributed by atoms with Crippen LogP contribution in [0.25, 0.3) is 0 Å². The second kappa shape index (κ2) is 3.51. The molecule has 0 unspecified atom stereocenters. The molecule has 6 heteroatoms. The lowest BCUT2D eigenvalue weighted by atomic mass is 10.1. The number of halogens is 4. The summed E-state index contributed by atoms with van der Waals surface area (Å²) in [5.74, 6) is 0. The molecule has 72 valence electrons. The average molecular weight is 211 g/mol. The van der Waals surface area contributed by atoms with Crippen molar-refractivity contribution in [3.05, 3.63) is 28.5 Å². The third-order valence-electron chi connectivity index (χ3n) is 1.51. The molecule has 0 aliphatic rings. The molecule has 0 aliphatic carbocycles. The molecule has 0 atom stereocenters. The first-order chi connectivity index (χ1) is 5.96. The van der Waals surface area contributed by atoms with Gasteiger partial charge >= 0.3 is 6.18 Å². The van der Waals surface area contributed by atoms with Crippen LogP contribution in [0.5, 0.6) is 0 Å². The molecule has 0 saturated heterocycles. The van der Waals surface area contributed by atoms with Gasteiger partial charge in [0.05, 0.1) is 10.6 Å². The highest BCUT2D eigenvalue weighted by Crippen LogP contribution is 2.33. The van der Waals surface area contributed by atoms with Crippen molar-refractivity contribution in [2.24, 2.45) is 5.73 Å². The van der Waals surface area contributed by atoms with Gasteiger partial charge in [-0.1, -0.05) is 11.6 Å². The summed E-state index contributed by atoms with van der Waals surface area (Å²) in [6.45, 7) is -0.254. The van der Waals surface area contributed by atoms with Crippen molar-refractivity contribution < 1.29 is 13.2 Å². The van der Waals surface area contributed by atoms with Crippen molar-refractivity contribution in [1.82, 2.24) is 4.98 Å². The van der Waals surface area contributed by atoms with Crippen molar-refractivity contribution in [3.63, 3.8) is 0 Å². The third kappa shape index (κ3) is 2.10. The van der Waals surface area contributed by atoms with E-state index in [1.807, 2.05) is 0 Å². The summed E-state index contributed by atoms with van der Waals surface area (Å²) in [6.07, 6.45) is -2.60. The number of hydrogen-bond donors (Lipinski definition) is 1. The first-order valence-corrected chi connectivity index (χ1v) is 3.74. The summed E-state index contributed by atoms with van der Waals surface area (Å²) in [6, 6.07) is 0. The van der Waals surface area contributed by atoms with Gasteiger partial charge in [0.25, 0.3) is 0 Å². The van der Waals surface area contributed by atoms with Crippen LogP contribution in [0.3, 0.4) is 0 Å². The van der Waals surface area contributed by atoms with Gasteiger partial charge in [-0.3, -0.25) is 4.98 Å². The predicted molar refractivity (Wildman–Crippen MR) is 42.1 cm³/mol. The van der Waals surface area contributed by atoms with E-state index in [9.17, 15) is 13.2 Å². The van der Waals surface area contributed by atoms with E-state index in [1.165, 1.54) is 0 Å². The summed E-state index contributed by atoms with van der Waals surface area (Å²) in [4.78, 5) is 3.35. The van der Waals surface area contributed by atoms with Crippen LogP contribution >= 0.6 is 11.6 Å². The zero-order valence-corrected chi connectivity index (χ0v) is 7.15. The van der Waals surface area contributed by atoms with Crippen LogP contribution in [0.4, 0.5) is 13.2 Å². The highest BCUT2D eigenvalue weighted by Gasteiger charge is 2.34. The van der Waals surface area contributed by atoms with Crippen molar-refractivity contribution in [2.45, 2.75) is 12.7 Å². The number of nitrogens with two attached hydrogens (primary N) is 1. The number of aromatic nitrogens is 1. The number of pyridine rings is 1. The second-order valence-corrected chi connectivity index (χ2v) is 2.76. The molecule has 13 heavy (non-hydrogen) atoms.